The molecule has 1 heterocycles. The molecule has 1 aromatic carbocycles. The van der Waals surface area contributed by atoms with Gasteiger partial charge >= 0.3 is 0 Å². The van der Waals surface area contributed by atoms with Crippen LogP contribution in [-0.4, -0.2) is 18.5 Å². The maximum atomic E-state index is 12.2. The summed E-state index contributed by atoms with van der Waals surface area (Å²) in [5.74, 6) is 2.38. The fourth-order valence-corrected chi connectivity index (χ4v) is 2.54. The minimum atomic E-state index is -0.685. The highest BCUT2D eigenvalue weighted by Gasteiger charge is 2.40. The first kappa shape index (κ1) is 16.2. The van der Waals surface area contributed by atoms with E-state index < -0.39 is 11.7 Å². The van der Waals surface area contributed by atoms with Crippen molar-refractivity contribution in [2.75, 3.05) is 6.61 Å². The monoisotopic (exact) mass is 297 g/mol. The number of terminal acetylenes is 1. The molecule has 0 bridgehead atoms. The van der Waals surface area contributed by atoms with E-state index >= 15 is 0 Å². The average Bonchev–Trinajstić information content (AvgIpc) is 2.55. The van der Waals surface area contributed by atoms with Crippen molar-refractivity contribution >= 4 is 5.78 Å². The minimum Gasteiger partial charge on any atom is -0.348 e. The van der Waals surface area contributed by atoms with Gasteiger partial charge in [0.1, 0.15) is 0 Å². The second-order valence-corrected chi connectivity index (χ2v) is 5.84. The van der Waals surface area contributed by atoms with Crippen molar-refractivity contribution in [2.45, 2.75) is 39.1 Å². The molecular formula is C18H19NO3. The number of nitrogens with zero attached hydrogens (tertiary/aromatic N) is 1. The van der Waals surface area contributed by atoms with Crippen LogP contribution in [0.4, 0.5) is 0 Å². The highest BCUT2D eigenvalue weighted by atomic mass is 16.7. The quantitative estimate of drug-likeness (QED) is 0.802. The van der Waals surface area contributed by atoms with Crippen LogP contribution in [0.3, 0.4) is 0 Å². The van der Waals surface area contributed by atoms with Gasteiger partial charge in [-0.15, -0.1) is 6.42 Å². The summed E-state index contributed by atoms with van der Waals surface area (Å²) in [6, 6.07) is 9.29. The highest BCUT2D eigenvalue weighted by molar-refractivity contribution is 5.86. The molecule has 1 aliphatic heterocycles. The van der Waals surface area contributed by atoms with Crippen molar-refractivity contribution < 1.29 is 14.3 Å². The third kappa shape index (κ3) is 3.20. The molecule has 0 saturated carbocycles. The Bertz CT molecular complexity index is 636. The van der Waals surface area contributed by atoms with Crippen LogP contribution in [0, 0.1) is 29.1 Å². The topological polar surface area (TPSA) is 59.3 Å². The Morgan fingerprint density at radius 2 is 2.18 bits per heavy atom. The number of carbonyl (C=O) groups excluding carboxylic acids is 1. The Labute approximate surface area is 131 Å². The molecule has 0 N–H and O–H groups in total. The molecule has 1 aliphatic rings. The number of ketones is 1. The van der Waals surface area contributed by atoms with Crippen molar-refractivity contribution in [3.63, 3.8) is 0 Å². The lowest BCUT2D eigenvalue weighted by Gasteiger charge is -2.39. The van der Waals surface area contributed by atoms with E-state index in [4.69, 9.17) is 15.9 Å². The summed E-state index contributed by atoms with van der Waals surface area (Å²) in [4.78, 5) is 12.2. The van der Waals surface area contributed by atoms with E-state index in [1.165, 1.54) is 0 Å². The van der Waals surface area contributed by atoms with Gasteiger partial charge < -0.3 is 9.47 Å². The first-order valence-electron chi connectivity index (χ1n) is 7.23. The van der Waals surface area contributed by atoms with E-state index in [-0.39, 0.29) is 18.3 Å². The van der Waals surface area contributed by atoms with E-state index in [1.54, 1.807) is 12.1 Å². The van der Waals surface area contributed by atoms with Crippen LogP contribution in [0.2, 0.25) is 0 Å². The van der Waals surface area contributed by atoms with Gasteiger partial charge in [-0.2, -0.15) is 5.26 Å². The van der Waals surface area contributed by atoms with E-state index in [2.05, 4.69) is 12.0 Å². The molecule has 0 unspecified atom stereocenters. The Morgan fingerprint density at radius 3 is 2.86 bits per heavy atom. The minimum absolute atomic E-state index is 0.0192. The van der Waals surface area contributed by atoms with Gasteiger partial charge in [0.05, 0.1) is 36.2 Å². The lowest BCUT2D eigenvalue weighted by atomic mass is 9.79. The number of ether oxygens (including phenoxy) is 2. The second kappa shape index (κ2) is 6.75. The van der Waals surface area contributed by atoms with Crippen molar-refractivity contribution in [3.8, 4) is 18.4 Å². The van der Waals surface area contributed by atoms with E-state index in [0.29, 0.717) is 24.2 Å². The fraction of sp³-hybridized carbons (Fsp3) is 0.444. The summed E-state index contributed by atoms with van der Waals surface area (Å²) >= 11 is 0. The predicted octanol–water partition coefficient (Wildman–Crippen LogP) is 2.98. The SMILES string of the molecule is C#CCC(=O)C(C)(C)[C@@H]1CCO[C@H](c2ccccc2C#N)O1. The molecule has 0 radical (unpaired) electrons. The molecule has 2 rings (SSSR count). The first-order valence-corrected chi connectivity index (χ1v) is 7.23. The number of hydrogen-bond donors (Lipinski definition) is 0. The van der Waals surface area contributed by atoms with Gasteiger partial charge in [-0.3, -0.25) is 4.79 Å². The lowest BCUT2D eigenvalue weighted by Crippen LogP contribution is -2.43. The molecule has 2 atom stereocenters. The second-order valence-electron chi connectivity index (χ2n) is 5.84. The number of benzene rings is 1. The smallest absolute Gasteiger partial charge is 0.185 e. The van der Waals surface area contributed by atoms with Crippen molar-refractivity contribution in [3.05, 3.63) is 35.4 Å². The standard InChI is InChI=1S/C18H19NO3/c1-4-7-15(20)18(2,3)16-10-11-21-17(22-16)14-9-6-5-8-13(14)12-19/h1,5-6,8-9,16-17H,7,10-11H2,2-3H3/t16-,17-/m0/s1. The largest absolute Gasteiger partial charge is 0.348 e. The van der Waals surface area contributed by atoms with E-state index in [1.807, 2.05) is 26.0 Å². The number of nitriles is 1. The first-order chi connectivity index (χ1) is 10.5. The highest BCUT2D eigenvalue weighted by Crippen LogP contribution is 2.37. The van der Waals surface area contributed by atoms with E-state index in [0.717, 1.165) is 0 Å². The summed E-state index contributed by atoms with van der Waals surface area (Å²) in [6.45, 7) is 4.16. The van der Waals surface area contributed by atoms with Crippen molar-refractivity contribution in [2.24, 2.45) is 5.41 Å². The van der Waals surface area contributed by atoms with Crippen molar-refractivity contribution in [1.82, 2.24) is 0 Å². The van der Waals surface area contributed by atoms with E-state index in [9.17, 15) is 10.1 Å². The molecule has 0 amide bonds. The average molecular weight is 297 g/mol. The molecule has 4 heteroatoms. The summed E-state index contributed by atoms with van der Waals surface area (Å²) < 4.78 is 11.6. The van der Waals surface area contributed by atoms with Gasteiger partial charge in [0.2, 0.25) is 0 Å². The maximum Gasteiger partial charge on any atom is 0.185 e. The predicted molar refractivity (Wildman–Crippen MR) is 81.6 cm³/mol. The number of carbonyl (C=O) groups is 1. The summed E-state index contributed by atoms with van der Waals surface area (Å²) in [5.41, 5.74) is 0.520. The zero-order valence-electron chi connectivity index (χ0n) is 12.8. The molecule has 4 nitrogen and oxygen atoms in total. The summed E-state index contributed by atoms with van der Waals surface area (Å²) in [5, 5.41) is 9.20. The number of Topliss-reactive ketones (excluding diaryl/α,β-unsaturated/α-hetero) is 1. The van der Waals surface area contributed by atoms with Gasteiger partial charge in [0.15, 0.2) is 12.1 Å². The molecular weight excluding hydrogens is 278 g/mol. The van der Waals surface area contributed by atoms with Crippen LogP contribution in [0.25, 0.3) is 0 Å². The van der Waals surface area contributed by atoms with Gasteiger partial charge in [-0.05, 0) is 12.5 Å². The van der Waals surface area contributed by atoms with Crippen LogP contribution >= 0.6 is 0 Å². The zero-order valence-corrected chi connectivity index (χ0v) is 12.8. The third-order valence-corrected chi connectivity index (χ3v) is 4.06. The Morgan fingerprint density at radius 1 is 1.45 bits per heavy atom. The lowest BCUT2D eigenvalue weighted by molar-refractivity contribution is -0.238. The van der Waals surface area contributed by atoms with Crippen LogP contribution in [0.15, 0.2) is 24.3 Å². The van der Waals surface area contributed by atoms with Gasteiger partial charge in [-0.1, -0.05) is 38.0 Å². The summed E-state index contributed by atoms with van der Waals surface area (Å²) in [6.07, 6.45) is 5.02. The zero-order chi connectivity index (χ0) is 16.2. The number of hydrogen-bond acceptors (Lipinski definition) is 4. The molecule has 0 spiro atoms. The molecule has 1 fully saturated rings. The van der Waals surface area contributed by atoms with Gasteiger partial charge in [0.25, 0.3) is 0 Å². The maximum absolute atomic E-state index is 12.2. The number of rotatable bonds is 4. The molecule has 0 aliphatic carbocycles. The van der Waals surface area contributed by atoms with Crippen LogP contribution in [-0.2, 0) is 14.3 Å². The Balaban J connectivity index is 2.21. The molecule has 22 heavy (non-hydrogen) atoms. The summed E-state index contributed by atoms with van der Waals surface area (Å²) in [7, 11) is 0. The molecule has 114 valence electrons. The molecule has 1 aromatic rings. The molecule has 1 saturated heterocycles. The van der Waals surface area contributed by atoms with Gasteiger partial charge in [0, 0.05) is 5.56 Å². The Hall–Kier alpha value is -2.14. The molecule has 0 aromatic heterocycles. The van der Waals surface area contributed by atoms with Crippen LogP contribution < -0.4 is 0 Å². The third-order valence-electron chi connectivity index (χ3n) is 4.06. The van der Waals surface area contributed by atoms with Crippen LogP contribution in [0.1, 0.15) is 44.1 Å². The van der Waals surface area contributed by atoms with Crippen LogP contribution in [0.5, 0.6) is 0 Å². The Kier molecular flexibility index (Phi) is 4.98. The van der Waals surface area contributed by atoms with Gasteiger partial charge in [-0.25, -0.2) is 0 Å². The normalized spacial score (nSPS) is 21.6. The fourth-order valence-electron chi connectivity index (χ4n) is 2.54. The van der Waals surface area contributed by atoms with Crippen molar-refractivity contribution in [1.29, 1.82) is 5.26 Å².